The Labute approximate surface area is 102 Å². The summed E-state index contributed by atoms with van der Waals surface area (Å²) in [7, 11) is -0.228. The van der Waals surface area contributed by atoms with Crippen molar-refractivity contribution < 1.29 is 9.47 Å². The summed E-state index contributed by atoms with van der Waals surface area (Å²) in [4.78, 5) is 2.60. The molecule has 0 atom stereocenters. The Morgan fingerprint density at radius 2 is 1.69 bits per heavy atom. The van der Waals surface area contributed by atoms with Crippen LogP contribution < -0.4 is 0 Å². The smallest absolute Gasteiger partial charge is 0.134 e. The van der Waals surface area contributed by atoms with E-state index < -0.39 is 0 Å². The van der Waals surface area contributed by atoms with Crippen molar-refractivity contribution in [3.05, 3.63) is 0 Å². The van der Waals surface area contributed by atoms with Crippen LogP contribution in [0.15, 0.2) is 0 Å². The Hall–Kier alpha value is 0.0969. The average Bonchev–Trinajstić information content (AvgIpc) is 2.31. The Bertz CT molecular complexity index is 157. The van der Waals surface area contributed by atoms with E-state index in [2.05, 4.69) is 4.90 Å². The van der Waals surface area contributed by atoms with Crippen LogP contribution in [0.5, 0.6) is 0 Å². The zero-order valence-electron chi connectivity index (χ0n) is 10.9. The minimum Gasteiger partial charge on any atom is -0.357 e. The van der Waals surface area contributed by atoms with E-state index in [0.29, 0.717) is 0 Å². The molecule has 0 aromatic carbocycles. The predicted octanol–water partition coefficient (Wildman–Crippen LogP) is 1.42. The second-order valence-electron chi connectivity index (χ2n) is 4.38. The van der Waals surface area contributed by atoms with E-state index in [-0.39, 0.29) is 15.4 Å². The quantitative estimate of drug-likeness (QED) is 0.477. The standard InChI is InChI=1S/C12H27NO2Si/c1-3-14-12(15-4-2)16-11-10-13-8-6-5-7-9-13/h12H,3-11,16H2,1-2H3. The Morgan fingerprint density at radius 1 is 1.06 bits per heavy atom. The van der Waals surface area contributed by atoms with Gasteiger partial charge in [-0.05, 0) is 52.4 Å². The summed E-state index contributed by atoms with van der Waals surface area (Å²) < 4.78 is 11.2. The van der Waals surface area contributed by atoms with Gasteiger partial charge in [-0.15, -0.1) is 0 Å². The molecule has 0 aromatic rings. The number of piperidine rings is 1. The summed E-state index contributed by atoms with van der Waals surface area (Å²) >= 11 is 0. The summed E-state index contributed by atoms with van der Waals surface area (Å²) in [6.07, 6.45) is 4.21. The highest BCUT2D eigenvalue weighted by molar-refractivity contribution is 6.36. The molecule has 0 spiro atoms. The van der Waals surface area contributed by atoms with Crippen molar-refractivity contribution in [1.82, 2.24) is 4.90 Å². The van der Waals surface area contributed by atoms with E-state index in [4.69, 9.17) is 9.47 Å². The number of ether oxygens (including phenoxy) is 2. The largest absolute Gasteiger partial charge is 0.357 e. The Balaban J connectivity index is 2.06. The van der Waals surface area contributed by atoms with E-state index >= 15 is 0 Å². The molecular weight excluding hydrogens is 218 g/mol. The second kappa shape index (κ2) is 9.16. The van der Waals surface area contributed by atoms with Crippen LogP contribution in [-0.2, 0) is 9.47 Å². The number of hydrogen-bond acceptors (Lipinski definition) is 3. The van der Waals surface area contributed by atoms with Crippen LogP contribution in [-0.4, -0.2) is 53.2 Å². The molecule has 1 aliphatic rings. The first-order valence-electron chi connectivity index (χ1n) is 6.82. The number of nitrogens with zero attached hydrogens (tertiary/aromatic N) is 1. The monoisotopic (exact) mass is 245 g/mol. The first-order chi connectivity index (χ1) is 7.86. The molecule has 1 saturated heterocycles. The van der Waals surface area contributed by atoms with Gasteiger partial charge in [-0.3, -0.25) is 0 Å². The summed E-state index contributed by atoms with van der Waals surface area (Å²) in [6.45, 7) is 9.53. The maximum Gasteiger partial charge on any atom is 0.134 e. The van der Waals surface area contributed by atoms with Crippen molar-refractivity contribution in [1.29, 1.82) is 0 Å². The van der Waals surface area contributed by atoms with E-state index in [1.807, 2.05) is 13.8 Å². The highest BCUT2D eigenvalue weighted by Crippen LogP contribution is 2.09. The first kappa shape index (κ1) is 14.2. The molecule has 0 amide bonds. The van der Waals surface area contributed by atoms with Crippen molar-refractivity contribution in [2.24, 2.45) is 0 Å². The predicted molar refractivity (Wildman–Crippen MR) is 70.7 cm³/mol. The van der Waals surface area contributed by atoms with E-state index in [1.54, 1.807) is 0 Å². The van der Waals surface area contributed by atoms with Crippen LogP contribution in [0.3, 0.4) is 0 Å². The zero-order chi connectivity index (χ0) is 11.6. The van der Waals surface area contributed by atoms with Gasteiger partial charge in [-0.25, -0.2) is 0 Å². The van der Waals surface area contributed by atoms with Crippen LogP contribution >= 0.6 is 0 Å². The topological polar surface area (TPSA) is 21.7 Å². The molecule has 96 valence electrons. The maximum atomic E-state index is 5.59. The Morgan fingerprint density at radius 3 is 2.25 bits per heavy atom. The second-order valence-corrected chi connectivity index (χ2v) is 6.34. The molecular formula is C12H27NO2Si. The molecule has 1 fully saturated rings. The summed E-state index contributed by atoms with van der Waals surface area (Å²) in [6, 6.07) is 1.32. The van der Waals surface area contributed by atoms with Crippen molar-refractivity contribution in [2.45, 2.75) is 45.1 Å². The van der Waals surface area contributed by atoms with E-state index in [9.17, 15) is 0 Å². The van der Waals surface area contributed by atoms with Crippen LogP contribution in [0.2, 0.25) is 6.04 Å². The minimum atomic E-state index is -0.228. The van der Waals surface area contributed by atoms with Gasteiger partial charge >= 0.3 is 0 Å². The molecule has 0 aromatic heterocycles. The number of hydrogen-bond donors (Lipinski definition) is 0. The third-order valence-corrected chi connectivity index (χ3v) is 4.74. The van der Waals surface area contributed by atoms with Gasteiger partial charge in [-0.1, -0.05) is 6.42 Å². The van der Waals surface area contributed by atoms with Crippen LogP contribution in [0.4, 0.5) is 0 Å². The van der Waals surface area contributed by atoms with Gasteiger partial charge in [0.2, 0.25) is 0 Å². The van der Waals surface area contributed by atoms with Gasteiger partial charge < -0.3 is 14.4 Å². The highest BCUT2D eigenvalue weighted by Gasteiger charge is 2.12. The fourth-order valence-electron chi connectivity index (χ4n) is 2.25. The van der Waals surface area contributed by atoms with E-state index in [0.717, 1.165) is 13.2 Å². The maximum absolute atomic E-state index is 5.59. The third-order valence-electron chi connectivity index (χ3n) is 3.07. The third kappa shape index (κ3) is 5.99. The lowest BCUT2D eigenvalue weighted by molar-refractivity contribution is -0.0828. The fourth-order valence-corrected chi connectivity index (χ4v) is 4.02. The van der Waals surface area contributed by atoms with Gasteiger partial charge in [0.05, 0.1) is 9.52 Å². The van der Waals surface area contributed by atoms with Crippen molar-refractivity contribution in [3.63, 3.8) is 0 Å². The lowest BCUT2D eigenvalue weighted by atomic mass is 10.1. The molecule has 16 heavy (non-hydrogen) atoms. The molecule has 0 unspecified atom stereocenters. The molecule has 1 aliphatic heterocycles. The van der Waals surface area contributed by atoms with Crippen molar-refractivity contribution in [3.8, 4) is 0 Å². The molecule has 0 N–H and O–H groups in total. The molecule has 0 bridgehead atoms. The van der Waals surface area contributed by atoms with Gasteiger partial charge in [0.1, 0.15) is 5.91 Å². The van der Waals surface area contributed by atoms with Gasteiger partial charge in [0.15, 0.2) is 0 Å². The Kier molecular flexibility index (Phi) is 8.11. The van der Waals surface area contributed by atoms with Crippen LogP contribution in [0.25, 0.3) is 0 Å². The lowest BCUT2D eigenvalue weighted by Gasteiger charge is -2.26. The van der Waals surface area contributed by atoms with Crippen LogP contribution in [0.1, 0.15) is 33.1 Å². The van der Waals surface area contributed by atoms with Gasteiger partial charge in [0.25, 0.3) is 0 Å². The number of rotatable bonds is 8. The van der Waals surface area contributed by atoms with Crippen molar-refractivity contribution >= 4 is 9.52 Å². The lowest BCUT2D eigenvalue weighted by Crippen LogP contribution is -2.33. The SMILES string of the molecule is CCOC(OCC)[SiH2]CCN1CCCCC1. The zero-order valence-corrected chi connectivity index (χ0v) is 12.3. The van der Waals surface area contributed by atoms with Gasteiger partial charge in [0, 0.05) is 13.2 Å². The minimum absolute atomic E-state index is 0.153. The number of likely N-dealkylation sites (tertiary alicyclic amines) is 1. The summed E-state index contributed by atoms with van der Waals surface area (Å²) in [5, 5.41) is 0. The van der Waals surface area contributed by atoms with Crippen molar-refractivity contribution in [2.75, 3.05) is 32.8 Å². The highest BCUT2D eigenvalue weighted by atomic mass is 28.2. The average molecular weight is 245 g/mol. The van der Waals surface area contributed by atoms with E-state index in [1.165, 1.54) is 44.9 Å². The molecule has 0 radical (unpaired) electrons. The van der Waals surface area contributed by atoms with Gasteiger partial charge in [-0.2, -0.15) is 0 Å². The first-order valence-corrected chi connectivity index (χ1v) is 8.64. The molecule has 4 heteroatoms. The fraction of sp³-hybridized carbons (Fsp3) is 1.00. The van der Waals surface area contributed by atoms with Crippen LogP contribution in [0, 0.1) is 0 Å². The molecule has 0 aliphatic carbocycles. The normalized spacial score (nSPS) is 18.9. The summed E-state index contributed by atoms with van der Waals surface area (Å²) in [5.74, 6) is 0.153. The molecule has 3 nitrogen and oxygen atoms in total. The summed E-state index contributed by atoms with van der Waals surface area (Å²) in [5.41, 5.74) is 0. The molecule has 0 saturated carbocycles. The molecule has 1 heterocycles. The molecule has 1 rings (SSSR count).